The van der Waals surface area contributed by atoms with Crippen molar-refractivity contribution in [2.45, 2.75) is 52.7 Å². The molecule has 1 amide bonds. The standard InChI is InChI=1S/C29H36N2O5/c1-5-30(6-2)14-9-15-31-26(20-10-8-11-23(18-20)35-7-3)25(28(33)29(31)34)27(32)21-12-13-24-22(17-21)16-19(4)36-24/h8,10-13,17-19,26,32H,5-7,9,14-16H2,1-4H3/b27-25+. The molecule has 1 N–H and O–H groups in total. The van der Waals surface area contributed by atoms with Crippen LogP contribution in [0, 0.1) is 0 Å². The quantitative estimate of drug-likeness (QED) is 0.298. The molecule has 192 valence electrons. The highest BCUT2D eigenvalue weighted by Crippen LogP contribution is 2.41. The second kappa shape index (κ2) is 11.2. The predicted octanol–water partition coefficient (Wildman–Crippen LogP) is 4.56. The number of likely N-dealkylation sites (tertiary alicyclic amines) is 1. The maximum atomic E-state index is 13.3. The van der Waals surface area contributed by atoms with E-state index in [1.165, 1.54) is 0 Å². The third-order valence-electron chi connectivity index (χ3n) is 6.96. The number of hydrogen-bond acceptors (Lipinski definition) is 6. The number of amides is 1. The summed E-state index contributed by atoms with van der Waals surface area (Å²) in [7, 11) is 0. The average molecular weight is 493 g/mol. The molecule has 7 heteroatoms. The van der Waals surface area contributed by atoms with E-state index in [0.29, 0.717) is 24.5 Å². The summed E-state index contributed by atoms with van der Waals surface area (Å²) < 4.78 is 11.5. The first kappa shape index (κ1) is 25.8. The molecular weight excluding hydrogens is 456 g/mol. The number of Topliss-reactive ketones (excluding diaryl/α,β-unsaturated/α-hetero) is 1. The van der Waals surface area contributed by atoms with Gasteiger partial charge in [-0.05, 0) is 81.4 Å². The number of aliphatic hydroxyl groups excluding tert-OH is 1. The van der Waals surface area contributed by atoms with Crippen molar-refractivity contribution in [3.63, 3.8) is 0 Å². The summed E-state index contributed by atoms with van der Waals surface area (Å²) in [6.45, 7) is 11.7. The highest BCUT2D eigenvalue weighted by molar-refractivity contribution is 6.46. The molecule has 2 aromatic rings. The summed E-state index contributed by atoms with van der Waals surface area (Å²) in [5.41, 5.74) is 2.35. The molecule has 2 unspecified atom stereocenters. The van der Waals surface area contributed by atoms with Gasteiger partial charge in [0.25, 0.3) is 11.7 Å². The lowest BCUT2D eigenvalue weighted by atomic mass is 9.94. The Morgan fingerprint density at radius 2 is 1.92 bits per heavy atom. The molecule has 2 aromatic carbocycles. The molecule has 0 radical (unpaired) electrons. The number of carbonyl (C=O) groups is 2. The molecule has 1 saturated heterocycles. The molecule has 0 spiro atoms. The molecule has 0 aliphatic carbocycles. The SMILES string of the molecule is CCOc1cccc(C2/C(=C(\O)c3ccc4c(c3)CC(C)O4)C(=O)C(=O)N2CCCN(CC)CC)c1. The van der Waals surface area contributed by atoms with Crippen LogP contribution in [0.5, 0.6) is 11.5 Å². The molecule has 0 aromatic heterocycles. The molecule has 0 saturated carbocycles. The molecule has 4 rings (SSSR count). The van der Waals surface area contributed by atoms with Crippen LogP contribution < -0.4 is 9.47 Å². The molecule has 2 atom stereocenters. The van der Waals surface area contributed by atoms with Crippen LogP contribution in [0.3, 0.4) is 0 Å². The number of fused-ring (bicyclic) bond motifs is 1. The maximum Gasteiger partial charge on any atom is 0.295 e. The van der Waals surface area contributed by atoms with Gasteiger partial charge in [-0.25, -0.2) is 0 Å². The van der Waals surface area contributed by atoms with Gasteiger partial charge in [-0.2, -0.15) is 0 Å². The highest BCUT2D eigenvalue weighted by atomic mass is 16.5. The van der Waals surface area contributed by atoms with Crippen LogP contribution in [0.1, 0.15) is 56.8 Å². The van der Waals surface area contributed by atoms with Crippen LogP contribution in [0.4, 0.5) is 0 Å². The smallest absolute Gasteiger partial charge is 0.295 e. The van der Waals surface area contributed by atoms with E-state index in [2.05, 4.69) is 18.7 Å². The van der Waals surface area contributed by atoms with Gasteiger partial charge >= 0.3 is 0 Å². The first-order valence-corrected chi connectivity index (χ1v) is 12.9. The van der Waals surface area contributed by atoms with Crippen LogP contribution in [0.25, 0.3) is 5.76 Å². The molecule has 7 nitrogen and oxygen atoms in total. The topological polar surface area (TPSA) is 79.3 Å². The third kappa shape index (κ3) is 5.12. The number of nitrogens with zero attached hydrogens (tertiary/aromatic N) is 2. The lowest BCUT2D eigenvalue weighted by Gasteiger charge is -2.27. The maximum absolute atomic E-state index is 13.3. The minimum Gasteiger partial charge on any atom is -0.507 e. The molecule has 2 heterocycles. The molecule has 2 aliphatic heterocycles. The van der Waals surface area contributed by atoms with Gasteiger partial charge in [0.1, 0.15) is 23.4 Å². The number of aliphatic hydroxyl groups is 1. The van der Waals surface area contributed by atoms with Gasteiger partial charge < -0.3 is 24.4 Å². The van der Waals surface area contributed by atoms with E-state index in [1.54, 1.807) is 11.0 Å². The third-order valence-corrected chi connectivity index (χ3v) is 6.96. The fraction of sp³-hybridized carbons (Fsp3) is 0.448. The molecule has 2 aliphatic rings. The monoisotopic (exact) mass is 492 g/mol. The van der Waals surface area contributed by atoms with Crippen molar-refractivity contribution >= 4 is 17.4 Å². The Labute approximate surface area is 213 Å². The van der Waals surface area contributed by atoms with Crippen molar-refractivity contribution in [1.82, 2.24) is 9.80 Å². The van der Waals surface area contributed by atoms with Gasteiger partial charge in [-0.1, -0.05) is 26.0 Å². The predicted molar refractivity (Wildman–Crippen MR) is 139 cm³/mol. The summed E-state index contributed by atoms with van der Waals surface area (Å²) >= 11 is 0. The van der Waals surface area contributed by atoms with Gasteiger partial charge in [0.05, 0.1) is 18.2 Å². The van der Waals surface area contributed by atoms with Crippen molar-refractivity contribution in [3.05, 3.63) is 64.7 Å². The second-order valence-corrected chi connectivity index (χ2v) is 9.33. The average Bonchev–Trinajstić information content (AvgIpc) is 3.37. The van der Waals surface area contributed by atoms with Crippen molar-refractivity contribution in [2.75, 3.05) is 32.8 Å². The van der Waals surface area contributed by atoms with Crippen molar-refractivity contribution in [1.29, 1.82) is 0 Å². The summed E-state index contributed by atoms with van der Waals surface area (Å²) in [5, 5.41) is 11.4. The highest BCUT2D eigenvalue weighted by Gasteiger charge is 2.46. The zero-order chi connectivity index (χ0) is 25.8. The van der Waals surface area contributed by atoms with E-state index in [1.807, 2.05) is 50.2 Å². The lowest BCUT2D eigenvalue weighted by molar-refractivity contribution is -0.140. The zero-order valence-corrected chi connectivity index (χ0v) is 21.6. The fourth-order valence-corrected chi connectivity index (χ4v) is 5.13. The van der Waals surface area contributed by atoms with E-state index >= 15 is 0 Å². The van der Waals surface area contributed by atoms with E-state index in [0.717, 1.165) is 49.4 Å². The Balaban J connectivity index is 1.75. The van der Waals surface area contributed by atoms with Gasteiger partial charge in [-0.15, -0.1) is 0 Å². The number of rotatable bonds is 10. The summed E-state index contributed by atoms with van der Waals surface area (Å²) in [5.74, 6) is 0.0475. The van der Waals surface area contributed by atoms with Crippen LogP contribution in [0.15, 0.2) is 48.0 Å². The Bertz CT molecular complexity index is 1150. The minimum absolute atomic E-state index is 0.0649. The normalized spacial score (nSPS) is 20.6. The molecule has 1 fully saturated rings. The fourth-order valence-electron chi connectivity index (χ4n) is 5.13. The molecule has 0 bridgehead atoms. The van der Waals surface area contributed by atoms with Crippen molar-refractivity contribution in [2.24, 2.45) is 0 Å². The van der Waals surface area contributed by atoms with E-state index in [-0.39, 0.29) is 17.4 Å². The zero-order valence-electron chi connectivity index (χ0n) is 21.6. The number of hydrogen-bond donors (Lipinski definition) is 1. The van der Waals surface area contributed by atoms with Crippen LogP contribution in [0.2, 0.25) is 0 Å². The Morgan fingerprint density at radius 1 is 1.14 bits per heavy atom. The first-order chi connectivity index (χ1) is 17.4. The number of benzene rings is 2. The van der Waals surface area contributed by atoms with Crippen LogP contribution in [-0.2, 0) is 16.0 Å². The van der Waals surface area contributed by atoms with Gasteiger partial charge in [-0.3, -0.25) is 9.59 Å². The number of ether oxygens (including phenoxy) is 2. The van der Waals surface area contributed by atoms with E-state index in [9.17, 15) is 14.7 Å². The number of ketones is 1. The van der Waals surface area contributed by atoms with Gasteiger partial charge in [0.2, 0.25) is 0 Å². The Morgan fingerprint density at radius 3 is 2.64 bits per heavy atom. The van der Waals surface area contributed by atoms with Gasteiger partial charge in [0, 0.05) is 18.5 Å². The first-order valence-electron chi connectivity index (χ1n) is 12.9. The van der Waals surface area contributed by atoms with Crippen molar-refractivity contribution in [3.8, 4) is 11.5 Å². The van der Waals surface area contributed by atoms with E-state index < -0.39 is 17.7 Å². The summed E-state index contributed by atoms with van der Waals surface area (Å²) in [4.78, 5) is 30.5. The second-order valence-electron chi connectivity index (χ2n) is 9.33. The Hall–Kier alpha value is -3.32. The largest absolute Gasteiger partial charge is 0.507 e. The minimum atomic E-state index is -0.689. The van der Waals surface area contributed by atoms with Gasteiger partial charge in [0.15, 0.2) is 0 Å². The van der Waals surface area contributed by atoms with Crippen LogP contribution >= 0.6 is 0 Å². The van der Waals surface area contributed by atoms with Crippen LogP contribution in [-0.4, -0.2) is 65.5 Å². The van der Waals surface area contributed by atoms with Crippen molar-refractivity contribution < 1.29 is 24.2 Å². The summed E-state index contributed by atoms with van der Waals surface area (Å²) in [6.07, 6.45) is 1.52. The molecular formula is C29H36N2O5. The number of carbonyl (C=O) groups excluding carboxylic acids is 2. The van der Waals surface area contributed by atoms with E-state index in [4.69, 9.17) is 9.47 Å². The molecule has 36 heavy (non-hydrogen) atoms. The lowest BCUT2D eigenvalue weighted by Crippen LogP contribution is -2.33. The Kier molecular flexibility index (Phi) is 7.99. The summed E-state index contributed by atoms with van der Waals surface area (Å²) in [6, 6.07) is 12.2.